The SMILES string of the molecule is COCC(=O)N1CCN(c2ncc(C(F)(F)F)s2)CC1. The fraction of sp³-hybridized carbons (Fsp3) is 0.636. The largest absolute Gasteiger partial charge is 0.427 e. The highest BCUT2D eigenvalue weighted by molar-refractivity contribution is 7.15. The zero-order valence-electron chi connectivity index (χ0n) is 10.8. The first-order valence-corrected chi connectivity index (χ1v) is 6.78. The number of hydrogen-bond acceptors (Lipinski definition) is 5. The number of hydrogen-bond donors (Lipinski definition) is 0. The van der Waals surface area contributed by atoms with Crippen molar-refractivity contribution in [2.24, 2.45) is 0 Å². The van der Waals surface area contributed by atoms with Crippen LogP contribution in [-0.2, 0) is 15.7 Å². The van der Waals surface area contributed by atoms with Gasteiger partial charge in [-0.1, -0.05) is 11.3 Å². The molecule has 0 N–H and O–H groups in total. The van der Waals surface area contributed by atoms with Gasteiger partial charge in [0.25, 0.3) is 0 Å². The minimum atomic E-state index is -4.35. The van der Waals surface area contributed by atoms with Crippen molar-refractivity contribution in [2.75, 3.05) is 44.8 Å². The summed E-state index contributed by atoms with van der Waals surface area (Å²) < 4.78 is 42.3. The molecule has 1 amide bonds. The summed E-state index contributed by atoms with van der Waals surface area (Å²) in [5, 5.41) is 0.344. The first-order valence-electron chi connectivity index (χ1n) is 5.96. The molecule has 0 bridgehead atoms. The topological polar surface area (TPSA) is 45.7 Å². The van der Waals surface area contributed by atoms with Crippen molar-refractivity contribution < 1.29 is 22.7 Å². The van der Waals surface area contributed by atoms with Crippen LogP contribution in [-0.4, -0.2) is 55.7 Å². The molecule has 2 heterocycles. The van der Waals surface area contributed by atoms with E-state index >= 15 is 0 Å². The number of rotatable bonds is 3. The molecule has 1 fully saturated rings. The number of aromatic nitrogens is 1. The Balaban J connectivity index is 1.94. The minimum absolute atomic E-state index is 0.0233. The van der Waals surface area contributed by atoms with Crippen molar-refractivity contribution >= 4 is 22.4 Å². The lowest BCUT2D eigenvalue weighted by Gasteiger charge is -2.34. The van der Waals surface area contributed by atoms with Crippen LogP contribution in [0.15, 0.2) is 6.20 Å². The molecule has 1 aromatic heterocycles. The fourth-order valence-electron chi connectivity index (χ4n) is 1.90. The van der Waals surface area contributed by atoms with Gasteiger partial charge in [-0.25, -0.2) is 4.98 Å². The van der Waals surface area contributed by atoms with Crippen LogP contribution >= 0.6 is 11.3 Å². The number of anilines is 1. The van der Waals surface area contributed by atoms with Gasteiger partial charge in [0.05, 0.1) is 6.20 Å². The van der Waals surface area contributed by atoms with Crippen LogP contribution < -0.4 is 4.90 Å². The number of thiazole rings is 1. The number of halogens is 3. The maximum Gasteiger partial charge on any atom is 0.427 e. The van der Waals surface area contributed by atoms with E-state index in [1.165, 1.54) is 7.11 Å². The molecule has 1 aromatic rings. The molecule has 1 aliphatic rings. The highest BCUT2D eigenvalue weighted by atomic mass is 32.1. The van der Waals surface area contributed by atoms with Crippen LogP contribution in [0.3, 0.4) is 0 Å². The summed E-state index contributed by atoms with van der Waals surface area (Å²) in [7, 11) is 1.45. The lowest BCUT2D eigenvalue weighted by Crippen LogP contribution is -2.49. The Bertz CT molecular complexity index is 470. The van der Waals surface area contributed by atoms with Gasteiger partial charge in [-0.3, -0.25) is 4.79 Å². The Morgan fingerprint density at radius 3 is 2.55 bits per heavy atom. The number of methoxy groups -OCH3 is 1. The van der Waals surface area contributed by atoms with Gasteiger partial charge < -0.3 is 14.5 Å². The molecular formula is C11H14F3N3O2S. The van der Waals surface area contributed by atoms with Gasteiger partial charge in [0.2, 0.25) is 5.91 Å². The maximum atomic E-state index is 12.5. The normalized spacial score (nSPS) is 16.6. The van der Waals surface area contributed by atoms with Crippen LogP contribution in [0.25, 0.3) is 0 Å². The average molecular weight is 309 g/mol. The standard InChI is InChI=1S/C11H14F3N3O2S/c1-19-7-9(18)16-2-4-17(5-3-16)10-15-6-8(20-10)11(12,13)14/h6H,2-5,7H2,1H3. The molecule has 1 aliphatic heterocycles. The van der Waals surface area contributed by atoms with Gasteiger partial charge in [-0.15, -0.1) is 0 Å². The van der Waals surface area contributed by atoms with Crippen LogP contribution in [0.4, 0.5) is 18.3 Å². The van der Waals surface area contributed by atoms with E-state index in [-0.39, 0.29) is 12.5 Å². The summed E-state index contributed by atoms with van der Waals surface area (Å²) in [4.78, 5) is 18.1. The number of amides is 1. The van der Waals surface area contributed by atoms with Crippen molar-refractivity contribution in [2.45, 2.75) is 6.18 Å². The summed E-state index contributed by atoms with van der Waals surface area (Å²) in [5.74, 6) is -0.109. The summed E-state index contributed by atoms with van der Waals surface area (Å²) in [6.07, 6.45) is -3.51. The van der Waals surface area contributed by atoms with Crippen molar-refractivity contribution in [3.05, 3.63) is 11.1 Å². The molecule has 112 valence electrons. The molecule has 20 heavy (non-hydrogen) atoms. The minimum Gasteiger partial charge on any atom is -0.375 e. The lowest BCUT2D eigenvalue weighted by molar-refractivity contribution is -0.135. The third-order valence-corrected chi connectivity index (χ3v) is 4.05. The quantitative estimate of drug-likeness (QED) is 0.848. The van der Waals surface area contributed by atoms with Gasteiger partial charge in [0.1, 0.15) is 11.5 Å². The Morgan fingerprint density at radius 1 is 1.40 bits per heavy atom. The van der Waals surface area contributed by atoms with Crippen molar-refractivity contribution in [3.63, 3.8) is 0 Å². The van der Waals surface area contributed by atoms with Gasteiger partial charge in [-0.2, -0.15) is 13.2 Å². The van der Waals surface area contributed by atoms with Gasteiger partial charge in [0, 0.05) is 33.3 Å². The van der Waals surface area contributed by atoms with Crippen molar-refractivity contribution in [3.8, 4) is 0 Å². The fourth-order valence-corrected chi connectivity index (χ4v) is 2.74. The van der Waals surface area contributed by atoms with Gasteiger partial charge >= 0.3 is 6.18 Å². The molecule has 0 radical (unpaired) electrons. The highest BCUT2D eigenvalue weighted by Gasteiger charge is 2.34. The van der Waals surface area contributed by atoms with E-state index in [2.05, 4.69) is 4.98 Å². The van der Waals surface area contributed by atoms with E-state index in [9.17, 15) is 18.0 Å². The van der Waals surface area contributed by atoms with Crippen LogP contribution in [0.2, 0.25) is 0 Å². The van der Waals surface area contributed by atoms with Crippen LogP contribution in [0, 0.1) is 0 Å². The lowest BCUT2D eigenvalue weighted by atomic mass is 10.3. The molecule has 9 heteroatoms. The Kier molecular flexibility index (Phi) is 4.48. The van der Waals surface area contributed by atoms with E-state index in [0.29, 0.717) is 42.6 Å². The summed E-state index contributed by atoms with van der Waals surface area (Å²) in [6.45, 7) is 1.89. The highest BCUT2D eigenvalue weighted by Crippen LogP contribution is 2.36. The summed E-state index contributed by atoms with van der Waals surface area (Å²) in [6, 6.07) is 0. The molecule has 2 rings (SSSR count). The second-order valence-electron chi connectivity index (χ2n) is 4.31. The van der Waals surface area contributed by atoms with E-state index in [1.807, 2.05) is 0 Å². The zero-order chi connectivity index (χ0) is 14.8. The Labute approximate surface area is 117 Å². The monoisotopic (exact) mass is 309 g/mol. The summed E-state index contributed by atoms with van der Waals surface area (Å²) in [5.41, 5.74) is 0. The van der Waals surface area contributed by atoms with Gasteiger partial charge in [-0.05, 0) is 0 Å². The zero-order valence-corrected chi connectivity index (χ0v) is 11.6. The predicted octanol–water partition coefficient (Wildman–Crippen LogP) is 1.46. The van der Waals surface area contributed by atoms with E-state index in [4.69, 9.17) is 4.74 Å². The number of nitrogens with zero attached hydrogens (tertiary/aromatic N) is 3. The second-order valence-corrected chi connectivity index (χ2v) is 5.31. The maximum absolute atomic E-state index is 12.5. The third-order valence-electron chi connectivity index (χ3n) is 2.94. The van der Waals surface area contributed by atoms with Crippen molar-refractivity contribution in [1.29, 1.82) is 0 Å². The van der Waals surface area contributed by atoms with Crippen LogP contribution in [0.5, 0.6) is 0 Å². The molecule has 5 nitrogen and oxygen atoms in total. The van der Waals surface area contributed by atoms with E-state index in [1.54, 1.807) is 9.80 Å². The molecule has 0 aliphatic carbocycles. The average Bonchev–Trinajstić information content (AvgIpc) is 2.89. The molecule has 1 saturated heterocycles. The number of alkyl halides is 3. The van der Waals surface area contributed by atoms with Crippen LogP contribution in [0.1, 0.15) is 4.88 Å². The Morgan fingerprint density at radius 2 is 2.05 bits per heavy atom. The number of piperazine rings is 1. The number of ether oxygens (including phenoxy) is 1. The third kappa shape index (κ3) is 3.40. The number of carbonyl (C=O) groups is 1. The molecule has 0 spiro atoms. The van der Waals surface area contributed by atoms with E-state index in [0.717, 1.165) is 6.20 Å². The molecule has 0 aromatic carbocycles. The smallest absolute Gasteiger partial charge is 0.375 e. The number of carbonyl (C=O) groups excluding carboxylic acids is 1. The first kappa shape index (κ1) is 15.0. The van der Waals surface area contributed by atoms with E-state index < -0.39 is 11.1 Å². The summed E-state index contributed by atoms with van der Waals surface area (Å²) >= 11 is 0.628. The molecule has 0 saturated carbocycles. The molecular weight excluding hydrogens is 295 g/mol. The first-order chi connectivity index (χ1) is 9.41. The second kappa shape index (κ2) is 5.96. The van der Waals surface area contributed by atoms with Gasteiger partial charge in [0.15, 0.2) is 5.13 Å². The van der Waals surface area contributed by atoms with Crippen molar-refractivity contribution in [1.82, 2.24) is 9.88 Å². The Hall–Kier alpha value is -1.35. The molecule has 0 atom stereocenters. The predicted molar refractivity (Wildman–Crippen MR) is 67.8 cm³/mol. The molecule has 0 unspecified atom stereocenters.